The van der Waals surface area contributed by atoms with Crippen LogP contribution in [0.5, 0.6) is 17.2 Å². The summed E-state index contributed by atoms with van der Waals surface area (Å²) < 4.78 is 29.0. The predicted octanol–water partition coefficient (Wildman–Crippen LogP) is 2.34. The number of methoxy groups -OCH3 is 3. The van der Waals surface area contributed by atoms with Crippen LogP contribution in [0.3, 0.4) is 0 Å². The quantitative estimate of drug-likeness (QED) is 0.450. The highest BCUT2D eigenvalue weighted by Gasteiger charge is 2.15. The van der Waals surface area contributed by atoms with E-state index in [0.717, 1.165) is 24.1 Å². The Hall–Kier alpha value is -3.33. The molecule has 0 saturated carbocycles. The van der Waals surface area contributed by atoms with Gasteiger partial charge in [0.1, 0.15) is 5.82 Å². The first-order chi connectivity index (χ1) is 13.8. The number of carboxylic acid groups (broad SMARTS) is 2. The Balaban J connectivity index is 0.000000612. The molecule has 0 unspecified atom stereocenters. The van der Waals surface area contributed by atoms with E-state index in [1.165, 1.54) is 12.1 Å². The molecule has 29 heavy (non-hydrogen) atoms. The van der Waals surface area contributed by atoms with Crippen molar-refractivity contribution in [3.8, 4) is 17.2 Å². The van der Waals surface area contributed by atoms with E-state index in [-0.39, 0.29) is 5.82 Å². The standard InChI is InChI=1S/C18H22FNO3.C2H2O4/c1-21-16-9-6-14(17(22-2)18(16)23-3)12-20-11-10-13-4-7-15(19)8-5-13;3-1(4)2(5)6/h4-9,20H,10-12H2,1-3H3;(H,3,4)(H,5,6). The number of nitrogens with one attached hydrogen (secondary N) is 1. The SMILES string of the molecule is COc1ccc(CNCCc2ccc(F)cc2)c(OC)c1OC.O=C(O)C(=O)O. The molecule has 2 rings (SSSR count). The Morgan fingerprint density at radius 3 is 1.97 bits per heavy atom. The van der Waals surface area contributed by atoms with Gasteiger partial charge in [-0.2, -0.15) is 0 Å². The molecule has 0 aliphatic carbocycles. The summed E-state index contributed by atoms with van der Waals surface area (Å²) in [6.45, 7) is 1.42. The zero-order valence-corrected chi connectivity index (χ0v) is 16.4. The minimum absolute atomic E-state index is 0.211. The Labute approximate surface area is 167 Å². The highest BCUT2D eigenvalue weighted by atomic mass is 19.1. The third-order valence-corrected chi connectivity index (χ3v) is 3.79. The largest absolute Gasteiger partial charge is 0.493 e. The summed E-state index contributed by atoms with van der Waals surface area (Å²) in [6.07, 6.45) is 0.829. The number of halogens is 1. The molecule has 9 heteroatoms. The summed E-state index contributed by atoms with van der Waals surface area (Å²) in [5, 5.41) is 18.1. The number of benzene rings is 2. The van der Waals surface area contributed by atoms with Gasteiger partial charge in [0, 0.05) is 12.1 Å². The van der Waals surface area contributed by atoms with Crippen LogP contribution in [0.15, 0.2) is 36.4 Å². The van der Waals surface area contributed by atoms with Crippen LogP contribution >= 0.6 is 0 Å². The van der Waals surface area contributed by atoms with E-state index in [9.17, 15) is 4.39 Å². The van der Waals surface area contributed by atoms with Crippen molar-refractivity contribution in [3.05, 3.63) is 53.3 Å². The second kappa shape index (κ2) is 12.2. The fourth-order valence-electron chi connectivity index (χ4n) is 2.41. The van der Waals surface area contributed by atoms with E-state index in [2.05, 4.69) is 5.32 Å². The van der Waals surface area contributed by atoms with Crippen LogP contribution in [0, 0.1) is 5.82 Å². The molecule has 2 aromatic rings. The van der Waals surface area contributed by atoms with Gasteiger partial charge in [0.05, 0.1) is 21.3 Å². The molecule has 0 saturated heterocycles. The van der Waals surface area contributed by atoms with E-state index in [0.29, 0.717) is 23.8 Å². The van der Waals surface area contributed by atoms with Crippen molar-refractivity contribution >= 4 is 11.9 Å². The molecule has 2 aromatic carbocycles. The zero-order valence-electron chi connectivity index (χ0n) is 16.4. The van der Waals surface area contributed by atoms with Gasteiger partial charge in [0.15, 0.2) is 11.5 Å². The number of ether oxygens (including phenoxy) is 3. The third-order valence-electron chi connectivity index (χ3n) is 3.79. The first-order valence-corrected chi connectivity index (χ1v) is 8.53. The fraction of sp³-hybridized carbons (Fsp3) is 0.300. The van der Waals surface area contributed by atoms with Gasteiger partial charge in [-0.05, 0) is 36.7 Å². The molecule has 0 atom stereocenters. The van der Waals surface area contributed by atoms with Crippen molar-refractivity contribution in [2.24, 2.45) is 0 Å². The summed E-state index contributed by atoms with van der Waals surface area (Å²) in [5.74, 6) is -1.96. The van der Waals surface area contributed by atoms with Crippen molar-refractivity contribution < 1.29 is 38.4 Å². The summed E-state index contributed by atoms with van der Waals surface area (Å²) in [4.78, 5) is 18.2. The Morgan fingerprint density at radius 2 is 1.48 bits per heavy atom. The van der Waals surface area contributed by atoms with Crippen LogP contribution in [0.1, 0.15) is 11.1 Å². The maximum absolute atomic E-state index is 12.9. The lowest BCUT2D eigenvalue weighted by atomic mass is 10.1. The van der Waals surface area contributed by atoms with Gasteiger partial charge in [-0.1, -0.05) is 18.2 Å². The molecule has 0 fully saturated rings. The molecule has 158 valence electrons. The fourth-order valence-corrected chi connectivity index (χ4v) is 2.41. The Bertz CT molecular complexity index is 797. The molecule has 3 N–H and O–H groups in total. The lowest BCUT2D eigenvalue weighted by Gasteiger charge is -2.16. The molecular weight excluding hydrogens is 385 g/mol. The Morgan fingerprint density at radius 1 is 0.897 bits per heavy atom. The van der Waals surface area contributed by atoms with Crippen molar-refractivity contribution in [2.75, 3.05) is 27.9 Å². The van der Waals surface area contributed by atoms with Crippen molar-refractivity contribution in [1.29, 1.82) is 0 Å². The van der Waals surface area contributed by atoms with Gasteiger partial charge in [0.25, 0.3) is 0 Å². The normalized spacial score (nSPS) is 9.79. The molecule has 0 spiro atoms. The topological polar surface area (TPSA) is 114 Å². The van der Waals surface area contributed by atoms with E-state index >= 15 is 0 Å². The van der Waals surface area contributed by atoms with Crippen LogP contribution < -0.4 is 19.5 Å². The second-order valence-electron chi connectivity index (χ2n) is 5.66. The van der Waals surface area contributed by atoms with Gasteiger partial charge in [-0.3, -0.25) is 0 Å². The third kappa shape index (κ3) is 7.67. The molecule has 8 nitrogen and oxygen atoms in total. The second-order valence-corrected chi connectivity index (χ2v) is 5.66. The maximum atomic E-state index is 12.9. The van der Waals surface area contributed by atoms with Crippen LogP contribution in [0.4, 0.5) is 4.39 Å². The number of carbonyl (C=O) groups is 2. The van der Waals surface area contributed by atoms with Gasteiger partial charge in [-0.25, -0.2) is 14.0 Å². The summed E-state index contributed by atoms with van der Waals surface area (Å²) in [7, 11) is 4.79. The van der Waals surface area contributed by atoms with Crippen LogP contribution in [0.2, 0.25) is 0 Å². The minimum atomic E-state index is -1.82. The van der Waals surface area contributed by atoms with Crippen molar-refractivity contribution in [1.82, 2.24) is 5.32 Å². The number of hydrogen-bond acceptors (Lipinski definition) is 6. The molecule has 0 bridgehead atoms. The number of aliphatic carboxylic acids is 2. The minimum Gasteiger partial charge on any atom is -0.493 e. The van der Waals surface area contributed by atoms with Gasteiger partial charge in [0.2, 0.25) is 5.75 Å². The van der Waals surface area contributed by atoms with Crippen LogP contribution in [-0.4, -0.2) is 50.0 Å². The number of rotatable bonds is 8. The van der Waals surface area contributed by atoms with Gasteiger partial charge < -0.3 is 29.7 Å². The first kappa shape index (κ1) is 23.7. The molecule has 0 aromatic heterocycles. The van der Waals surface area contributed by atoms with E-state index in [1.54, 1.807) is 33.5 Å². The summed E-state index contributed by atoms with van der Waals surface area (Å²) in [5.41, 5.74) is 2.09. The molecule has 0 radical (unpaired) electrons. The molecule has 0 aliphatic heterocycles. The number of carboxylic acids is 2. The zero-order chi connectivity index (χ0) is 21.8. The van der Waals surface area contributed by atoms with Crippen molar-refractivity contribution in [3.63, 3.8) is 0 Å². The van der Waals surface area contributed by atoms with Crippen LogP contribution in [0.25, 0.3) is 0 Å². The van der Waals surface area contributed by atoms with Gasteiger partial charge in [-0.15, -0.1) is 0 Å². The molecular formula is C20H24FNO7. The van der Waals surface area contributed by atoms with Crippen LogP contribution in [-0.2, 0) is 22.6 Å². The lowest BCUT2D eigenvalue weighted by molar-refractivity contribution is -0.159. The highest BCUT2D eigenvalue weighted by Crippen LogP contribution is 2.39. The smallest absolute Gasteiger partial charge is 0.414 e. The van der Waals surface area contributed by atoms with Gasteiger partial charge >= 0.3 is 11.9 Å². The molecule has 0 amide bonds. The van der Waals surface area contributed by atoms with E-state index < -0.39 is 11.9 Å². The van der Waals surface area contributed by atoms with E-state index in [4.69, 9.17) is 34.0 Å². The monoisotopic (exact) mass is 409 g/mol. The maximum Gasteiger partial charge on any atom is 0.414 e. The molecule has 0 aliphatic rings. The predicted molar refractivity (Wildman–Crippen MR) is 103 cm³/mol. The Kier molecular flexibility index (Phi) is 9.97. The number of hydrogen-bond donors (Lipinski definition) is 3. The average Bonchev–Trinajstić information content (AvgIpc) is 2.72. The highest BCUT2D eigenvalue weighted by molar-refractivity contribution is 6.27. The van der Waals surface area contributed by atoms with Crippen molar-refractivity contribution in [2.45, 2.75) is 13.0 Å². The first-order valence-electron chi connectivity index (χ1n) is 8.53. The summed E-state index contributed by atoms with van der Waals surface area (Å²) in [6, 6.07) is 10.4. The molecule has 0 heterocycles. The van der Waals surface area contributed by atoms with E-state index in [1.807, 2.05) is 12.1 Å². The lowest BCUT2D eigenvalue weighted by Crippen LogP contribution is -2.17. The summed E-state index contributed by atoms with van der Waals surface area (Å²) >= 11 is 0. The average molecular weight is 409 g/mol.